The fraction of sp³-hybridized carbons (Fsp3) is 0.522. The summed E-state index contributed by atoms with van der Waals surface area (Å²) >= 11 is 0. The lowest BCUT2D eigenvalue weighted by Gasteiger charge is -2.32. The Morgan fingerprint density at radius 2 is 1.90 bits per heavy atom. The van der Waals surface area contributed by atoms with Crippen LogP contribution in [0.4, 0.5) is 5.82 Å². The zero-order valence-corrected chi connectivity index (χ0v) is 17.6. The van der Waals surface area contributed by atoms with E-state index >= 15 is 0 Å². The molecule has 1 aromatic heterocycles. The molecule has 0 spiro atoms. The minimum absolute atomic E-state index is 0.0628. The van der Waals surface area contributed by atoms with Crippen molar-refractivity contribution in [3.05, 3.63) is 47.2 Å². The van der Waals surface area contributed by atoms with E-state index in [1.165, 1.54) is 15.8 Å². The maximum absolute atomic E-state index is 13.1. The third kappa shape index (κ3) is 4.66. The van der Waals surface area contributed by atoms with Crippen molar-refractivity contribution in [3.63, 3.8) is 0 Å². The zero-order valence-electron chi connectivity index (χ0n) is 17.6. The molecular weight excluding hydrogens is 378 g/mol. The quantitative estimate of drug-likeness (QED) is 0.811. The minimum atomic E-state index is -0.0799. The second kappa shape index (κ2) is 8.90. The van der Waals surface area contributed by atoms with Gasteiger partial charge in [-0.15, -0.1) is 0 Å². The van der Waals surface area contributed by atoms with E-state index in [9.17, 15) is 9.59 Å². The zero-order chi connectivity index (χ0) is 21.1. The first-order chi connectivity index (χ1) is 14.5. The fourth-order valence-electron chi connectivity index (χ4n) is 4.73. The van der Waals surface area contributed by atoms with E-state index in [2.05, 4.69) is 34.7 Å². The third-order valence-electron chi connectivity index (χ3n) is 6.33. The number of carbonyl (C=O) groups excluding carboxylic acids is 2. The van der Waals surface area contributed by atoms with Crippen LogP contribution < -0.4 is 11.1 Å². The van der Waals surface area contributed by atoms with Gasteiger partial charge >= 0.3 is 0 Å². The molecular formula is C23H31N5O2. The number of rotatable bonds is 4. The Morgan fingerprint density at radius 3 is 2.60 bits per heavy atom. The SMILES string of the molecule is Cc1cc(N)n(CC(=O)NC2CCC(C(=O)N3CCCc4ccccc4C3)CC2)n1. The van der Waals surface area contributed by atoms with Gasteiger partial charge in [0.15, 0.2) is 0 Å². The Balaban J connectivity index is 1.27. The first kappa shape index (κ1) is 20.4. The molecule has 2 amide bonds. The molecule has 1 aliphatic heterocycles. The van der Waals surface area contributed by atoms with Crippen molar-refractivity contribution in [1.82, 2.24) is 20.0 Å². The number of nitrogens with two attached hydrogens (primary N) is 1. The monoisotopic (exact) mass is 409 g/mol. The van der Waals surface area contributed by atoms with E-state index in [0.29, 0.717) is 5.82 Å². The molecule has 1 aliphatic carbocycles. The Morgan fingerprint density at radius 1 is 1.17 bits per heavy atom. The summed E-state index contributed by atoms with van der Waals surface area (Å²) in [6, 6.07) is 10.3. The van der Waals surface area contributed by atoms with Gasteiger partial charge in [0.05, 0.1) is 5.69 Å². The molecule has 2 aromatic rings. The fourth-order valence-corrected chi connectivity index (χ4v) is 4.73. The predicted molar refractivity (Wildman–Crippen MR) is 115 cm³/mol. The second-order valence-corrected chi connectivity index (χ2v) is 8.62. The van der Waals surface area contributed by atoms with Gasteiger partial charge in [0.25, 0.3) is 0 Å². The van der Waals surface area contributed by atoms with Crippen LogP contribution in [0.15, 0.2) is 30.3 Å². The molecule has 3 N–H and O–H groups in total. The molecule has 2 heterocycles. The summed E-state index contributed by atoms with van der Waals surface area (Å²) in [5, 5.41) is 7.32. The molecule has 0 unspecified atom stereocenters. The van der Waals surface area contributed by atoms with Gasteiger partial charge in [0.2, 0.25) is 11.8 Å². The standard InChI is InChI=1S/C23H31N5O2/c1-16-13-21(24)28(26-16)15-22(29)25-20-10-8-18(9-11-20)23(30)27-12-4-7-17-5-2-3-6-19(17)14-27/h2-3,5-6,13,18,20H,4,7-12,14-15,24H2,1H3,(H,25,29). The molecule has 0 atom stereocenters. The van der Waals surface area contributed by atoms with Crippen molar-refractivity contribution in [2.45, 2.75) is 64.6 Å². The van der Waals surface area contributed by atoms with E-state index in [-0.39, 0.29) is 30.3 Å². The molecule has 1 aromatic carbocycles. The van der Waals surface area contributed by atoms with Crippen molar-refractivity contribution >= 4 is 17.6 Å². The highest BCUT2D eigenvalue weighted by molar-refractivity contribution is 5.79. The molecule has 30 heavy (non-hydrogen) atoms. The minimum Gasteiger partial charge on any atom is -0.384 e. The lowest BCUT2D eigenvalue weighted by atomic mass is 9.85. The van der Waals surface area contributed by atoms with Gasteiger partial charge in [-0.1, -0.05) is 24.3 Å². The highest BCUT2D eigenvalue weighted by atomic mass is 16.2. The smallest absolute Gasteiger partial charge is 0.242 e. The average molecular weight is 410 g/mol. The van der Waals surface area contributed by atoms with Crippen molar-refractivity contribution in [2.24, 2.45) is 5.92 Å². The van der Waals surface area contributed by atoms with Gasteiger partial charge in [0, 0.05) is 31.1 Å². The van der Waals surface area contributed by atoms with Gasteiger partial charge in [-0.2, -0.15) is 5.10 Å². The molecule has 0 saturated heterocycles. The molecule has 160 valence electrons. The molecule has 2 aliphatic rings. The number of aromatic nitrogens is 2. The Bertz CT molecular complexity index is 914. The van der Waals surface area contributed by atoms with E-state index in [4.69, 9.17) is 5.73 Å². The number of nitrogens with zero attached hydrogens (tertiary/aromatic N) is 3. The molecule has 0 bridgehead atoms. The maximum atomic E-state index is 13.1. The lowest BCUT2D eigenvalue weighted by molar-refractivity contribution is -0.137. The maximum Gasteiger partial charge on any atom is 0.242 e. The molecule has 7 nitrogen and oxygen atoms in total. The van der Waals surface area contributed by atoms with Gasteiger partial charge in [-0.25, -0.2) is 4.68 Å². The number of nitrogen functional groups attached to an aromatic ring is 1. The van der Waals surface area contributed by atoms with Crippen LogP contribution in [0, 0.1) is 12.8 Å². The largest absolute Gasteiger partial charge is 0.384 e. The van der Waals surface area contributed by atoms with Crippen molar-refractivity contribution in [1.29, 1.82) is 0 Å². The first-order valence-corrected chi connectivity index (χ1v) is 10.9. The Kier molecular flexibility index (Phi) is 6.06. The van der Waals surface area contributed by atoms with Crippen LogP contribution in [0.25, 0.3) is 0 Å². The molecule has 7 heteroatoms. The van der Waals surface area contributed by atoms with E-state index < -0.39 is 0 Å². The third-order valence-corrected chi connectivity index (χ3v) is 6.33. The highest BCUT2D eigenvalue weighted by Crippen LogP contribution is 2.28. The molecule has 4 rings (SSSR count). The van der Waals surface area contributed by atoms with Crippen LogP contribution in [0.3, 0.4) is 0 Å². The Hall–Kier alpha value is -2.83. The predicted octanol–water partition coefficient (Wildman–Crippen LogP) is 2.42. The van der Waals surface area contributed by atoms with Crippen LogP contribution in [0.2, 0.25) is 0 Å². The van der Waals surface area contributed by atoms with Crippen molar-refractivity contribution in [2.75, 3.05) is 12.3 Å². The summed E-state index contributed by atoms with van der Waals surface area (Å²) < 4.78 is 1.52. The van der Waals surface area contributed by atoms with E-state index in [0.717, 1.165) is 57.3 Å². The number of carbonyl (C=O) groups is 2. The summed E-state index contributed by atoms with van der Waals surface area (Å²) in [6.07, 6.45) is 5.37. The van der Waals surface area contributed by atoms with Gasteiger partial charge in [-0.05, 0) is 56.6 Å². The number of anilines is 1. The first-order valence-electron chi connectivity index (χ1n) is 10.9. The van der Waals surface area contributed by atoms with Crippen molar-refractivity contribution in [3.8, 4) is 0 Å². The van der Waals surface area contributed by atoms with Gasteiger partial charge in [0.1, 0.15) is 12.4 Å². The van der Waals surface area contributed by atoms with Gasteiger partial charge in [-0.3, -0.25) is 9.59 Å². The highest BCUT2D eigenvalue weighted by Gasteiger charge is 2.31. The number of hydrogen-bond donors (Lipinski definition) is 2. The summed E-state index contributed by atoms with van der Waals surface area (Å²) in [5.74, 6) is 0.753. The lowest BCUT2D eigenvalue weighted by Crippen LogP contribution is -2.43. The van der Waals surface area contributed by atoms with E-state index in [1.54, 1.807) is 6.07 Å². The molecule has 1 fully saturated rings. The topological polar surface area (TPSA) is 93.2 Å². The molecule has 1 saturated carbocycles. The van der Waals surface area contributed by atoms with Gasteiger partial charge < -0.3 is 16.0 Å². The molecule has 0 radical (unpaired) electrons. The number of nitrogens with one attached hydrogen (secondary N) is 1. The van der Waals surface area contributed by atoms with Crippen LogP contribution in [-0.2, 0) is 29.1 Å². The number of hydrogen-bond acceptors (Lipinski definition) is 4. The van der Waals surface area contributed by atoms with E-state index in [1.807, 2.05) is 11.8 Å². The number of fused-ring (bicyclic) bond motifs is 1. The number of amides is 2. The Labute approximate surface area is 177 Å². The normalized spacial score (nSPS) is 21.6. The average Bonchev–Trinajstić information content (AvgIpc) is 2.92. The van der Waals surface area contributed by atoms with Crippen LogP contribution in [-0.4, -0.2) is 39.1 Å². The number of aryl methyl sites for hydroxylation is 2. The number of benzene rings is 1. The van der Waals surface area contributed by atoms with Crippen LogP contribution in [0.1, 0.15) is 48.9 Å². The van der Waals surface area contributed by atoms with Crippen LogP contribution >= 0.6 is 0 Å². The van der Waals surface area contributed by atoms with Crippen molar-refractivity contribution < 1.29 is 9.59 Å². The summed E-state index contributed by atoms with van der Waals surface area (Å²) in [7, 11) is 0. The summed E-state index contributed by atoms with van der Waals surface area (Å²) in [5.41, 5.74) is 9.31. The summed E-state index contributed by atoms with van der Waals surface area (Å²) in [6.45, 7) is 3.53. The summed E-state index contributed by atoms with van der Waals surface area (Å²) in [4.78, 5) is 27.5. The second-order valence-electron chi connectivity index (χ2n) is 8.62. The van der Waals surface area contributed by atoms with Crippen LogP contribution in [0.5, 0.6) is 0 Å².